The van der Waals surface area contributed by atoms with E-state index < -0.39 is 6.04 Å². The minimum atomic E-state index is -0.453. The van der Waals surface area contributed by atoms with Gasteiger partial charge in [-0.2, -0.15) is 0 Å². The second kappa shape index (κ2) is 7.16. The zero-order valence-corrected chi connectivity index (χ0v) is 13.8. The minimum Gasteiger partial charge on any atom is -0.511 e. The molecule has 120 valence electrons. The third-order valence-corrected chi connectivity index (χ3v) is 3.99. The molecule has 1 atom stereocenters. The van der Waals surface area contributed by atoms with Crippen LogP contribution in [0.4, 0.5) is 0 Å². The number of rotatable bonds is 6. The van der Waals surface area contributed by atoms with E-state index in [1.165, 1.54) is 0 Å². The molecule has 0 spiro atoms. The van der Waals surface area contributed by atoms with E-state index in [0.717, 1.165) is 33.3 Å². The highest BCUT2D eigenvalue weighted by Gasteiger charge is 2.14. The Balaban J connectivity index is 2.47. The number of aryl methyl sites for hydroxylation is 1. The first-order chi connectivity index (χ1) is 11.0. The molecule has 1 aromatic carbocycles. The number of allylic oxidation sites excluding steroid dienone is 5. The van der Waals surface area contributed by atoms with Crippen molar-refractivity contribution in [2.75, 3.05) is 0 Å². The van der Waals surface area contributed by atoms with Crippen molar-refractivity contribution in [1.29, 1.82) is 0 Å². The molecule has 3 heteroatoms. The van der Waals surface area contributed by atoms with Crippen molar-refractivity contribution in [2.24, 2.45) is 5.73 Å². The van der Waals surface area contributed by atoms with Crippen LogP contribution in [-0.4, -0.2) is 16.1 Å². The lowest BCUT2D eigenvalue weighted by atomic mass is 9.99. The van der Waals surface area contributed by atoms with Crippen LogP contribution < -0.4 is 5.73 Å². The fourth-order valence-electron chi connectivity index (χ4n) is 2.65. The number of H-pyrrole nitrogens is 1. The first-order valence-electron chi connectivity index (χ1n) is 7.68. The van der Waals surface area contributed by atoms with Crippen LogP contribution >= 0.6 is 0 Å². The predicted molar refractivity (Wildman–Crippen MR) is 99.5 cm³/mol. The number of aliphatic hydroxyl groups is 1. The molecular weight excluding hydrogens is 284 g/mol. The Morgan fingerprint density at radius 2 is 2.17 bits per heavy atom. The SMILES string of the molecule is C=C/C(=C\C=C/C)c1ccc2c(CC(N)C(=C)O)c(C)[nH]c2c1. The number of hydrogen-bond donors (Lipinski definition) is 3. The van der Waals surface area contributed by atoms with Crippen LogP contribution in [0.15, 0.2) is 61.4 Å². The smallest absolute Gasteiger partial charge is 0.102 e. The molecular formula is C20H24N2O. The van der Waals surface area contributed by atoms with Gasteiger partial charge in [0.15, 0.2) is 0 Å². The standard InChI is InChI=1S/C20H24N2O/c1-5-7-8-15(6-2)16-9-10-17-18(12-19(21)14(4)23)13(3)22-20(17)11-16/h5-11,19,22-23H,2,4,12,21H2,1,3H3/b7-5-,15-8+. The molecule has 0 amide bonds. The van der Waals surface area contributed by atoms with Gasteiger partial charge in [-0.25, -0.2) is 0 Å². The van der Waals surface area contributed by atoms with E-state index in [4.69, 9.17) is 5.73 Å². The molecule has 1 unspecified atom stereocenters. The average molecular weight is 308 g/mol. The largest absolute Gasteiger partial charge is 0.511 e. The van der Waals surface area contributed by atoms with Crippen molar-refractivity contribution in [1.82, 2.24) is 4.98 Å². The molecule has 0 radical (unpaired) electrons. The molecule has 0 fully saturated rings. The lowest BCUT2D eigenvalue weighted by Gasteiger charge is -2.10. The van der Waals surface area contributed by atoms with E-state index in [1.807, 2.05) is 38.2 Å². The first kappa shape index (κ1) is 16.8. The van der Waals surface area contributed by atoms with Crippen molar-refractivity contribution < 1.29 is 5.11 Å². The molecule has 2 aromatic rings. The maximum Gasteiger partial charge on any atom is 0.102 e. The molecule has 0 aliphatic heterocycles. The summed E-state index contributed by atoms with van der Waals surface area (Å²) >= 11 is 0. The van der Waals surface area contributed by atoms with E-state index >= 15 is 0 Å². The van der Waals surface area contributed by atoms with Gasteiger partial charge in [-0.3, -0.25) is 0 Å². The number of aromatic amines is 1. The number of nitrogens with two attached hydrogens (primary N) is 1. The van der Waals surface area contributed by atoms with E-state index in [2.05, 4.69) is 36.3 Å². The van der Waals surface area contributed by atoms with Gasteiger partial charge < -0.3 is 15.8 Å². The lowest BCUT2D eigenvalue weighted by molar-refractivity contribution is 0.368. The second-order valence-electron chi connectivity index (χ2n) is 5.64. The maximum atomic E-state index is 9.46. The Morgan fingerprint density at radius 1 is 1.43 bits per heavy atom. The Labute approximate surface area is 137 Å². The maximum absolute atomic E-state index is 9.46. The molecule has 0 saturated heterocycles. The first-order valence-corrected chi connectivity index (χ1v) is 7.68. The minimum absolute atomic E-state index is 0.0126. The molecule has 1 aromatic heterocycles. The van der Waals surface area contributed by atoms with E-state index in [9.17, 15) is 5.11 Å². The summed E-state index contributed by atoms with van der Waals surface area (Å²) in [4.78, 5) is 3.40. The number of nitrogens with one attached hydrogen (secondary N) is 1. The van der Waals surface area contributed by atoms with Crippen molar-refractivity contribution in [3.8, 4) is 0 Å². The van der Waals surface area contributed by atoms with Gasteiger partial charge in [0.1, 0.15) is 5.76 Å². The highest BCUT2D eigenvalue weighted by molar-refractivity contribution is 5.89. The summed E-state index contributed by atoms with van der Waals surface area (Å²) in [5.74, 6) is 0.0126. The summed E-state index contributed by atoms with van der Waals surface area (Å²) in [5.41, 5.74) is 11.3. The number of aromatic nitrogens is 1. The summed E-state index contributed by atoms with van der Waals surface area (Å²) in [6.45, 7) is 11.4. The zero-order valence-electron chi connectivity index (χ0n) is 13.8. The van der Waals surface area contributed by atoms with Crippen LogP contribution in [0.2, 0.25) is 0 Å². The van der Waals surface area contributed by atoms with Crippen LogP contribution in [0.3, 0.4) is 0 Å². The number of benzene rings is 1. The van der Waals surface area contributed by atoms with Gasteiger partial charge >= 0.3 is 0 Å². The fourth-order valence-corrected chi connectivity index (χ4v) is 2.65. The fraction of sp³-hybridized carbons (Fsp3) is 0.200. The molecule has 0 saturated carbocycles. The normalized spacial score (nSPS) is 13.6. The van der Waals surface area contributed by atoms with Crippen molar-refractivity contribution >= 4 is 16.5 Å². The molecule has 23 heavy (non-hydrogen) atoms. The summed E-state index contributed by atoms with van der Waals surface area (Å²) in [6, 6.07) is 5.83. The zero-order chi connectivity index (χ0) is 17.0. The van der Waals surface area contributed by atoms with E-state index in [1.54, 1.807) is 0 Å². The predicted octanol–water partition coefficient (Wildman–Crippen LogP) is 4.56. The van der Waals surface area contributed by atoms with Gasteiger partial charge in [-0.05, 0) is 43.0 Å². The van der Waals surface area contributed by atoms with Crippen LogP contribution in [0.5, 0.6) is 0 Å². The summed E-state index contributed by atoms with van der Waals surface area (Å²) < 4.78 is 0. The molecule has 0 aliphatic rings. The van der Waals surface area contributed by atoms with Crippen molar-refractivity contribution in [3.05, 3.63) is 78.2 Å². The van der Waals surface area contributed by atoms with Crippen molar-refractivity contribution in [2.45, 2.75) is 26.3 Å². The topological polar surface area (TPSA) is 62.0 Å². The molecule has 1 heterocycles. The second-order valence-corrected chi connectivity index (χ2v) is 5.64. The molecule has 3 nitrogen and oxygen atoms in total. The highest BCUT2D eigenvalue weighted by Crippen LogP contribution is 2.27. The molecule has 2 rings (SSSR count). The monoisotopic (exact) mass is 308 g/mol. The Kier molecular flexibility index (Phi) is 5.24. The van der Waals surface area contributed by atoms with E-state index in [0.29, 0.717) is 6.42 Å². The van der Waals surface area contributed by atoms with Gasteiger partial charge in [0.2, 0.25) is 0 Å². The number of hydrogen-bond acceptors (Lipinski definition) is 2. The third-order valence-electron chi connectivity index (χ3n) is 3.99. The summed E-state index contributed by atoms with van der Waals surface area (Å²) in [6.07, 6.45) is 8.43. The Morgan fingerprint density at radius 3 is 2.78 bits per heavy atom. The summed E-state index contributed by atoms with van der Waals surface area (Å²) in [7, 11) is 0. The lowest BCUT2D eigenvalue weighted by Crippen LogP contribution is -2.24. The molecule has 0 aliphatic carbocycles. The van der Waals surface area contributed by atoms with Gasteiger partial charge in [-0.15, -0.1) is 0 Å². The third kappa shape index (κ3) is 3.63. The van der Waals surface area contributed by atoms with Gasteiger partial charge in [0.05, 0.1) is 6.04 Å². The molecule has 0 bridgehead atoms. The molecule has 4 N–H and O–H groups in total. The summed E-state index contributed by atoms with van der Waals surface area (Å²) in [5, 5.41) is 10.6. The van der Waals surface area contributed by atoms with Crippen LogP contribution in [-0.2, 0) is 6.42 Å². The highest BCUT2D eigenvalue weighted by atomic mass is 16.3. The Bertz CT molecular complexity index is 793. The van der Waals surface area contributed by atoms with E-state index in [-0.39, 0.29) is 5.76 Å². The van der Waals surface area contributed by atoms with Gasteiger partial charge in [0, 0.05) is 16.6 Å². The Hall–Kier alpha value is -2.52. The van der Waals surface area contributed by atoms with Crippen LogP contribution in [0.1, 0.15) is 23.7 Å². The number of aliphatic hydroxyl groups excluding tert-OH is 1. The quantitative estimate of drug-likeness (QED) is 0.541. The number of fused-ring (bicyclic) bond motifs is 1. The van der Waals surface area contributed by atoms with Gasteiger partial charge in [-0.1, -0.05) is 49.6 Å². The van der Waals surface area contributed by atoms with Gasteiger partial charge in [0.25, 0.3) is 0 Å². The van der Waals surface area contributed by atoms with Crippen molar-refractivity contribution in [3.63, 3.8) is 0 Å². The van der Waals surface area contributed by atoms with Crippen LogP contribution in [0, 0.1) is 6.92 Å². The average Bonchev–Trinajstić information content (AvgIpc) is 2.83. The van der Waals surface area contributed by atoms with Crippen LogP contribution in [0.25, 0.3) is 16.5 Å².